The minimum atomic E-state index is -4.49. The lowest BCUT2D eigenvalue weighted by Crippen LogP contribution is -2.52. The summed E-state index contributed by atoms with van der Waals surface area (Å²) >= 11 is 3.61. The van der Waals surface area contributed by atoms with E-state index in [4.69, 9.17) is 19.6 Å². The van der Waals surface area contributed by atoms with E-state index in [1.54, 1.807) is 30.3 Å². The number of rotatable bonds is 13. The first-order valence-corrected chi connectivity index (χ1v) is 15.7. The van der Waals surface area contributed by atoms with Crippen LogP contribution in [0.3, 0.4) is 0 Å². The zero-order valence-electron chi connectivity index (χ0n) is 25.2. The average molecular weight is 709 g/mol. The fourth-order valence-electron chi connectivity index (χ4n) is 5.11. The molecule has 1 aliphatic rings. The van der Waals surface area contributed by atoms with Crippen molar-refractivity contribution in [1.82, 2.24) is 10.9 Å². The summed E-state index contributed by atoms with van der Waals surface area (Å²) in [6.07, 6.45) is -0.962. The number of carbonyl (C=O) groups excluding carboxylic acids is 1. The smallest absolute Gasteiger partial charge is 0.416 e. The molecule has 11 heteroatoms. The second kappa shape index (κ2) is 15.4. The molecule has 47 heavy (non-hydrogen) atoms. The van der Waals surface area contributed by atoms with Gasteiger partial charge >= 0.3 is 6.18 Å². The zero-order valence-corrected chi connectivity index (χ0v) is 26.8. The van der Waals surface area contributed by atoms with Crippen LogP contribution in [-0.2, 0) is 22.3 Å². The molecular weight excluding hydrogens is 675 g/mol. The van der Waals surface area contributed by atoms with Gasteiger partial charge in [-0.2, -0.15) is 13.2 Å². The van der Waals surface area contributed by atoms with E-state index in [0.717, 1.165) is 22.2 Å². The summed E-state index contributed by atoms with van der Waals surface area (Å²) < 4.78 is 52.7. The highest BCUT2D eigenvalue weighted by Crippen LogP contribution is 2.45. The second-order valence-electron chi connectivity index (χ2n) is 10.8. The first-order valence-electron chi connectivity index (χ1n) is 15.0. The summed E-state index contributed by atoms with van der Waals surface area (Å²) in [5.74, 6) is 0.326. The van der Waals surface area contributed by atoms with Crippen LogP contribution < -0.4 is 15.6 Å². The van der Waals surface area contributed by atoms with Crippen LogP contribution in [0, 0.1) is 0 Å². The number of hydrazine groups is 1. The van der Waals surface area contributed by atoms with Crippen molar-refractivity contribution in [2.24, 2.45) is 4.99 Å². The molecule has 3 N–H and O–H groups in total. The Kier molecular flexibility index (Phi) is 11.1. The number of nitrogens with one attached hydrogen (secondary N) is 2. The molecule has 0 saturated heterocycles. The van der Waals surface area contributed by atoms with Crippen molar-refractivity contribution in [1.29, 1.82) is 0 Å². The van der Waals surface area contributed by atoms with Crippen LogP contribution in [0.4, 0.5) is 13.2 Å². The Hall–Kier alpha value is -4.45. The molecule has 0 unspecified atom stereocenters. The van der Waals surface area contributed by atoms with Crippen molar-refractivity contribution in [2.45, 2.75) is 37.2 Å². The van der Waals surface area contributed by atoms with E-state index < -0.39 is 29.3 Å². The van der Waals surface area contributed by atoms with Gasteiger partial charge in [-0.05, 0) is 47.5 Å². The molecule has 1 amide bonds. The molecule has 1 aliphatic heterocycles. The average Bonchev–Trinajstić information content (AvgIpc) is 3.46. The van der Waals surface area contributed by atoms with Gasteiger partial charge in [-0.15, -0.1) is 0 Å². The molecule has 2 atom stereocenters. The number of hydrogen-bond donors (Lipinski definition) is 3. The van der Waals surface area contributed by atoms with Gasteiger partial charge in [-0.25, -0.2) is 10.4 Å². The second-order valence-corrected chi connectivity index (χ2v) is 11.7. The Labute approximate surface area is 279 Å². The Bertz CT molecular complexity index is 1710. The monoisotopic (exact) mass is 707 g/mol. The molecule has 5 rings (SSSR count). The van der Waals surface area contributed by atoms with E-state index in [-0.39, 0.29) is 25.5 Å². The van der Waals surface area contributed by atoms with Crippen molar-refractivity contribution < 1.29 is 32.5 Å². The third-order valence-electron chi connectivity index (χ3n) is 7.51. The highest BCUT2D eigenvalue weighted by molar-refractivity contribution is 9.10. The summed E-state index contributed by atoms with van der Waals surface area (Å²) in [5.41, 5.74) is 5.80. The third kappa shape index (κ3) is 8.48. The molecule has 0 spiro atoms. The quantitative estimate of drug-likeness (QED) is 0.0995. The molecule has 0 radical (unpaired) electrons. The molecular formula is C36H33BrF3N3O4. The van der Waals surface area contributed by atoms with Gasteiger partial charge in [0.05, 0.1) is 12.2 Å². The van der Waals surface area contributed by atoms with E-state index in [1.807, 2.05) is 66.7 Å². The minimum absolute atomic E-state index is 0.0246. The number of nitrogens with zero attached hydrogens (tertiary/aromatic N) is 1. The summed E-state index contributed by atoms with van der Waals surface area (Å²) in [4.78, 5) is 19.2. The molecule has 4 aromatic carbocycles. The van der Waals surface area contributed by atoms with Crippen molar-refractivity contribution in [3.05, 3.63) is 141 Å². The van der Waals surface area contributed by atoms with E-state index in [9.17, 15) is 18.0 Å². The predicted octanol–water partition coefficient (Wildman–Crippen LogP) is 7.41. The SMILES string of the molecule is O=C(NNCc1cccc(C(F)(F)F)c1)[C@@]1(C/C=C/c2ccccc2)N=C(c2ccc(OCCCO)cc2)O[C@H]1c1ccccc1Br. The van der Waals surface area contributed by atoms with Crippen LogP contribution in [0.25, 0.3) is 6.08 Å². The lowest BCUT2D eigenvalue weighted by molar-refractivity contribution is -0.137. The molecule has 0 saturated carbocycles. The highest BCUT2D eigenvalue weighted by Gasteiger charge is 2.53. The van der Waals surface area contributed by atoms with Crippen molar-refractivity contribution in [2.75, 3.05) is 13.2 Å². The lowest BCUT2D eigenvalue weighted by Gasteiger charge is -2.30. The Balaban J connectivity index is 1.48. The Morgan fingerprint density at radius 3 is 2.47 bits per heavy atom. The lowest BCUT2D eigenvalue weighted by atomic mass is 9.84. The number of hydrogen-bond acceptors (Lipinski definition) is 6. The van der Waals surface area contributed by atoms with E-state index >= 15 is 0 Å². The van der Waals surface area contributed by atoms with Crippen molar-refractivity contribution >= 4 is 33.8 Å². The maximum absolute atomic E-state index is 14.3. The van der Waals surface area contributed by atoms with Gasteiger partial charge in [-0.3, -0.25) is 10.2 Å². The summed E-state index contributed by atoms with van der Waals surface area (Å²) in [7, 11) is 0. The summed E-state index contributed by atoms with van der Waals surface area (Å²) in [6, 6.07) is 29.0. The van der Waals surface area contributed by atoms with Crippen LogP contribution in [-0.4, -0.2) is 35.7 Å². The topological polar surface area (TPSA) is 92.2 Å². The standard InChI is InChI=1S/C36H33BrF3N3O4/c37-31-15-5-4-14-30(31)32-35(20-7-12-25-9-2-1-3-10-25,34(45)43-41-24-26-11-6-13-28(23-26)36(38,39)40)42-33(47-32)27-16-18-29(19-17-27)46-22-8-21-44/h1-7,9-19,23,32,41,44H,8,20-22,24H2,(H,43,45)/b12-7+/t32-,35-/m0/s1. The van der Waals surface area contributed by atoms with Gasteiger partial charge in [0.15, 0.2) is 11.6 Å². The highest BCUT2D eigenvalue weighted by atomic mass is 79.9. The number of amides is 1. The molecule has 7 nitrogen and oxygen atoms in total. The summed E-state index contributed by atoms with van der Waals surface area (Å²) in [6.45, 7) is 0.333. The van der Waals surface area contributed by atoms with Gasteiger partial charge < -0.3 is 14.6 Å². The van der Waals surface area contributed by atoms with E-state index in [1.165, 1.54) is 6.07 Å². The summed E-state index contributed by atoms with van der Waals surface area (Å²) in [5, 5.41) is 9.04. The number of aliphatic hydroxyl groups is 1. The molecule has 0 bridgehead atoms. The van der Waals surface area contributed by atoms with Gasteiger partial charge in [0.1, 0.15) is 5.75 Å². The zero-order chi connectivity index (χ0) is 33.3. The van der Waals surface area contributed by atoms with E-state index in [2.05, 4.69) is 26.8 Å². The van der Waals surface area contributed by atoms with Crippen LogP contribution in [0.2, 0.25) is 0 Å². The van der Waals surface area contributed by atoms with Gasteiger partial charge in [0.25, 0.3) is 5.91 Å². The van der Waals surface area contributed by atoms with Crippen LogP contribution in [0.5, 0.6) is 5.75 Å². The molecule has 244 valence electrons. The number of alkyl halides is 3. The molecule has 0 aliphatic carbocycles. The number of aliphatic hydroxyl groups excluding tert-OH is 1. The largest absolute Gasteiger partial charge is 0.494 e. The number of carbonyl (C=O) groups is 1. The van der Waals surface area contributed by atoms with Gasteiger partial charge in [0.2, 0.25) is 5.90 Å². The number of benzene rings is 4. The normalized spacial score (nSPS) is 17.7. The number of aliphatic imine (C=N–C) groups is 1. The first-order chi connectivity index (χ1) is 22.7. The predicted molar refractivity (Wildman–Crippen MR) is 177 cm³/mol. The van der Waals surface area contributed by atoms with Gasteiger partial charge in [0, 0.05) is 41.6 Å². The number of halogens is 4. The molecule has 0 aromatic heterocycles. The third-order valence-corrected chi connectivity index (χ3v) is 8.23. The Morgan fingerprint density at radius 1 is 1.00 bits per heavy atom. The van der Waals surface area contributed by atoms with Crippen LogP contribution in [0.1, 0.15) is 46.8 Å². The Morgan fingerprint density at radius 2 is 1.74 bits per heavy atom. The fraction of sp³-hybridized carbons (Fsp3) is 0.222. The first kappa shape index (κ1) is 33.9. The molecule has 1 heterocycles. The fourth-order valence-corrected chi connectivity index (χ4v) is 5.60. The molecule has 0 fully saturated rings. The van der Waals surface area contributed by atoms with E-state index in [0.29, 0.717) is 35.5 Å². The maximum Gasteiger partial charge on any atom is 0.416 e. The van der Waals surface area contributed by atoms with Crippen molar-refractivity contribution in [3.63, 3.8) is 0 Å². The molecule has 4 aromatic rings. The van der Waals surface area contributed by atoms with Gasteiger partial charge in [-0.1, -0.05) is 94.8 Å². The minimum Gasteiger partial charge on any atom is -0.494 e. The van der Waals surface area contributed by atoms with Crippen LogP contribution >= 0.6 is 15.9 Å². The van der Waals surface area contributed by atoms with Crippen molar-refractivity contribution in [3.8, 4) is 5.75 Å². The maximum atomic E-state index is 14.3. The van der Waals surface area contributed by atoms with Crippen LogP contribution in [0.15, 0.2) is 119 Å². The number of ether oxygens (including phenoxy) is 2.